The number of ether oxygens (including phenoxy) is 1. The van der Waals surface area contributed by atoms with Crippen LogP contribution in [0.15, 0.2) is 44.9 Å². The smallest absolute Gasteiger partial charge is 0.355 e. The number of nitrogens with zero attached hydrogens (tertiary/aromatic N) is 4. The number of hydrogen-bond donors (Lipinski definition) is 6. The van der Waals surface area contributed by atoms with Crippen LogP contribution in [0.1, 0.15) is 61.8 Å². The molecule has 308 valence electrons. The van der Waals surface area contributed by atoms with Gasteiger partial charge in [0.15, 0.2) is 22.6 Å². The van der Waals surface area contributed by atoms with E-state index in [1.807, 2.05) is 10.8 Å². The molecule has 0 spiro atoms. The molecule has 20 heteroatoms. The number of aromatic nitrogens is 1. The van der Waals surface area contributed by atoms with Crippen molar-refractivity contribution in [3.8, 4) is 11.5 Å². The van der Waals surface area contributed by atoms with Crippen molar-refractivity contribution in [3.63, 3.8) is 0 Å². The van der Waals surface area contributed by atoms with E-state index in [9.17, 15) is 44.1 Å². The van der Waals surface area contributed by atoms with Crippen LogP contribution >= 0.6 is 23.1 Å². The van der Waals surface area contributed by atoms with Crippen molar-refractivity contribution in [1.29, 1.82) is 0 Å². The van der Waals surface area contributed by atoms with Crippen LogP contribution < -0.4 is 16.5 Å². The first-order valence-electron chi connectivity index (χ1n) is 18.7. The number of nitrogens with two attached hydrogens (primary N) is 1. The Kier molecular flexibility index (Phi) is 11.2. The second-order valence-corrected chi connectivity index (χ2v) is 16.9. The number of quaternary nitrogens is 1. The van der Waals surface area contributed by atoms with Gasteiger partial charge in [-0.05, 0) is 30.9 Å². The third-order valence-corrected chi connectivity index (χ3v) is 13.3. The van der Waals surface area contributed by atoms with Gasteiger partial charge in [-0.25, -0.2) is 9.59 Å². The fraction of sp³-hybridized carbons (Fsp3) is 0.447. The number of anilines is 1. The second kappa shape index (κ2) is 16.0. The fourth-order valence-corrected chi connectivity index (χ4v) is 10.3. The van der Waals surface area contributed by atoms with E-state index in [2.05, 4.69) is 10.5 Å². The minimum Gasteiger partial charge on any atom is -0.504 e. The summed E-state index contributed by atoms with van der Waals surface area (Å²) in [6.45, 7) is 3.85. The lowest BCUT2D eigenvalue weighted by Crippen LogP contribution is -2.71. The number of aromatic hydroxyl groups is 2. The molecule has 2 aromatic heterocycles. The molecule has 7 N–H and O–H groups in total. The maximum Gasteiger partial charge on any atom is 0.355 e. The molecule has 1 saturated carbocycles. The first-order chi connectivity index (χ1) is 27.7. The molecule has 1 aromatic carbocycles. The molecular weight excluding hydrogens is 797 g/mol. The molecule has 4 aliphatic rings. The number of carboxylic acids is 2. The number of phenolic OH excluding ortho intramolecular Hbond substituents is 2. The van der Waals surface area contributed by atoms with Crippen LogP contribution in [-0.4, -0.2) is 120 Å². The molecule has 7 rings (SSSR count). The van der Waals surface area contributed by atoms with E-state index < -0.39 is 59.4 Å². The Hall–Kier alpha value is -5.60. The highest BCUT2D eigenvalue weighted by molar-refractivity contribution is 8.00. The first-order valence-corrected chi connectivity index (χ1v) is 20.6. The molecule has 3 atom stereocenters. The average Bonchev–Trinajstić information content (AvgIpc) is 3.83. The first kappa shape index (κ1) is 40.6. The maximum absolute atomic E-state index is 14.0. The summed E-state index contributed by atoms with van der Waals surface area (Å²) in [5.74, 6) is -5.71. The van der Waals surface area contributed by atoms with E-state index in [0.717, 1.165) is 37.0 Å². The number of carbonyl (C=O) groups is 5. The molecule has 18 nitrogen and oxygen atoms in total. The van der Waals surface area contributed by atoms with E-state index in [0.29, 0.717) is 75.4 Å². The molecule has 0 radical (unpaired) electrons. The number of fused-ring (bicyclic) bond motifs is 2. The second-order valence-electron chi connectivity index (χ2n) is 14.9. The van der Waals surface area contributed by atoms with Crippen molar-refractivity contribution in [2.45, 2.75) is 75.6 Å². The van der Waals surface area contributed by atoms with Crippen molar-refractivity contribution in [2.24, 2.45) is 5.16 Å². The Bertz CT molecular complexity index is 2340. The lowest BCUT2D eigenvalue weighted by atomic mass is 10.0. The number of benzene rings is 1. The molecule has 3 unspecified atom stereocenters. The van der Waals surface area contributed by atoms with E-state index >= 15 is 0 Å². The molecule has 1 aliphatic carbocycles. The summed E-state index contributed by atoms with van der Waals surface area (Å²) in [4.78, 5) is 84.6. The number of carbonyl (C=O) groups excluding carboxylic acids is 3. The van der Waals surface area contributed by atoms with Gasteiger partial charge in [0.2, 0.25) is 6.10 Å². The fourth-order valence-electron chi connectivity index (χ4n) is 8.06. The van der Waals surface area contributed by atoms with Gasteiger partial charge in [-0.2, -0.15) is 0 Å². The number of carboxylic acid groups (broad SMARTS) is 2. The van der Waals surface area contributed by atoms with Crippen molar-refractivity contribution >= 4 is 74.4 Å². The summed E-state index contributed by atoms with van der Waals surface area (Å²) in [7, 11) is 1.21. The monoisotopic (exact) mass is 839 g/mol. The molecule has 3 aliphatic heterocycles. The van der Waals surface area contributed by atoms with Crippen molar-refractivity contribution < 1.29 is 58.5 Å². The highest BCUT2D eigenvalue weighted by Gasteiger charge is 2.55. The van der Waals surface area contributed by atoms with E-state index in [1.165, 1.54) is 41.3 Å². The summed E-state index contributed by atoms with van der Waals surface area (Å²) in [6.07, 6.45) is 2.95. The van der Waals surface area contributed by atoms with Crippen LogP contribution in [0, 0.1) is 0 Å². The topological polar surface area (TPSA) is 260 Å². The number of likely N-dealkylation sites (tertiary alicyclic amines) is 1. The number of oxime groups is 1. The number of pyridine rings is 1. The molecule has 3 aromatic rings. The number of amides is 2. The van der Waals surface area contributed by atoms with Crippen LogP contribution in [0.2, 0.25) is 0 Å². The van der Waals surface area contributed by atoms with Gasteiger partial charge in [0, 0.05) is 53.4 Å². The van der Waals surface area contributed by atoms with Gasteiger partial charge in [-0.1, -0.05) is 12.1 Å². The van der Waals surface area contributed by atoms with Crippen LogP contribution in [0.25, 0.3) is 10.9 Å². The highest BCUT2D eigenvalue weighted by Crippen LogP contribution is 2.43. The Labute approximate surface area is 339 Å². The molecule has 2 saturated heterocycles. The van der Waals surface area contributed by atoms with Crippen molar-refractivity contribution in [1.82, 2.24) is 14.8 Å². The lowest BCUT2D eigenvalue weighted by molar-refractivity contribution is -0.925. The highest BCUT2D eigenvalue weighted by atomic mass is 32.2. The summed E-state index contributed by atoms with van der Waals surface area (Å²) in [5.41, 5.74) is 8.00. The number of phenols is 2. The number of methoxy groups -OCH3 is 1. The predicted molar refractivity (Wildman–Crippen MR) is 211 cm³/mol. The number of thioether (sulfide) groups is 1. The molecular formula is C38H43N6O12S2+. The molecule has 5 heterocycles. The number of thiophene rings is 1. The van der Waals surface area contributed by atoms with Crippen molar-refractivity contribution in [2.75, 3.05) is 38.2 Å². The number of esters is 1. The third-order valence-electron chi connectivity index (χ3n) is 11.1. The van der Waals surface area contributed by atoms with E-state index in [1.54, 1.807) is 6.92 Å². The lowest BCUT2D eigenvalue weighted by Gasteiger charge is -2.50. The zero-order valence-electron chi connectivity index (χ0n) is 31.6. The van der Waals surface area contributed by atoms with Crippen LogP contribution in [0.5, 0.6) is 11.5 Å². The molecule has 2 amide bonds. The Morgan fingerprint density at radius 3 is 2.43 bits per heavy atom. The number of aliphatic carboxylic acids is 2. The minimum atomic E-state index is -1.91. The SMILES string of the molecule is CCc1c(C(=NOC(CC(=O)O)C(=O)O)C(=O)NC2C(=O)N3C(C(=O)OC)=C(C[N+]4(Cc5cn(C6CC6)c6cc(O)c(O)cc6c5=O)CCCC4)CSC23)csc1N. The zero-order chi connectivity index (χ0) is 41.6. The van der Waals surface area contributed by atoms with Gasteiger partial charge < -0.3 is 50.1 Å². The van der Waals surface area contributed by atoms with Gasteiger partial charge in [0.25, 0.3) is 11.8 Å². The molecule has 58 heavy (non-hydrogen) atoms. The van der Waals surface area contributed by atoms with Gasteiger partial charge in [-0.15, -0.1) is 23.1 Å². The predicted octanol–water partition coefficient (Wildman–Crippen LogP) is 2.24. The summed E-state index contributed by atoms with van der Waals surface area (Å²) < 4.78 is 7.61. The number of rotatable bonds is 15. The van der Waals surface area contributed by atoms with Crippen LogP contribution in [-0.2, 0) is 46.5 Å². The van der Waals surface area contributed by atoms with Crippen molar-refractivity contribution in [3.05, 3.63) is 61.9 Å². The quantitative estimate of drug-likeness (QED) is 0.0321. The number of hydrogen-bond acceptors (Lipinski definition) is 14. The number of nitrogen functional groups attached to an aromatic ring is 1. The Morgan fingerprint density at radius 2 is 1.79 bits per heavy atom. The summed E-state index contributed by atoms with van der Waals surface area (Å²) in [5, 5.41) is 47.1. The standard InChI is InChI=1S/C38H42N6O12S2/c1-3-21-23(17-57-33(21)39)29(41-56-27(37(52)53)12-28(47)48)34(50)40-30-35(51)43-31(38(54)55-2)19(16-58-36(30)43)15-44(8-4-5-9-44)14-18-13-42(20-6-7-20)24-11-26(46)25(45)10-22(24)32(18)49/h10-11,13,17,20,27,30,36H,3-9,12,14-16,39H2,1-2H3,(H4-,40,41,45,46,47,48,49,50,52,53)/p+1. The summed E-state index contributed by atoms with van der Waals surface area (Å²) in [6, 6.07) is 1.74. The number of nitrogens with one attached hydrogen (secondary N) is 1. The summed E-state index contributed by atoms with van der Waals surface area (Å²) >= 11 is 2.44. The normalized spacial score (nSPS) is 20.7. The van der Waals surface area contributed by atoms with Gasteiger partial charge in [-0.3, -0.25) is 24.1 Å². The van der Waals surface area contributed by atoms with Crippen LogP contribution in [0.4, 0.5) is 5.00 Å². The zero-order valence-corrected chi connectivity index (χ0v) is 33.3. The maximum atomic E-state index is 14.0. The number of β-lactam (4-membered cyclic amide) rings is 1. The Balaban J connectivity index is 1.16. The average molecular weight is 840 g/mol. The largest absolute Gasteiger partial charge is 0.504 e. The van der Waals surface area contributed by atoms with Gasteiger partial charge >= 0.3 is 17.9 Å². The van der Waals surface area contributed by atoms with E-state index in [-0.39, 0.29) is 34.2 Å². The van der Waals surface area contributed by atoms with E-state index in [4.69, 9.17) is 20.4 Å². The van der Waals surface area contributed by atoms with Gasteiger partial charge in [0.05, 0.1) is 48.1 Å². The minimum absolute atomic E-state index is 0.0644. The van der Waals surface area contributed by atoms with Crippen LogP contribution in [0.3, 0.4) is 0 Å². The van der Waals surface area contributed by atoms with Gasteiger partial charge in [0.1, 0.15) is 30.2 Å². The molecule has 0 bridgehead atoms. The Morgan fingerprint density at radius 1 is 1.09 bits per heavy atom. The third kappa shape index (κ3) is 7.58. The molecule has 3 fully saturated rings.